The van der Waals surface area contributed by atoms with E-state index in [1.165, 1.54) is 5.56 Å². The van der Waals surface area contributed by atoms with Gasteiger partial charge in [0.2, 0.25) is 0 Å². The van der Waals surface area contributed by atoms with Crippen molar-refractivity contribution in [1.29, 1.82) is 5.26 Å². The summed E-state index contributed by atoms with van der Waals surface area (Å²) >= 11 is 0. The molecule has 0 amide bonds. The Labute approximate surface area is 162 Å². The van der Waals surface area contributed by atoms with Gasteiger partial charge in [0.15, 0.2) is 0 Å². The molecule has 0 spiro atoms. The summed E-state index contributed by atoms with van der Waals surface area (Å²) in [5.74, 6) is 0. The highest BCUT2D eigenvalue weighted by Gasteiger charge is 2.15. The predicted molar refractivity (Wildman–Crippen MR) is 114 cm³/mol. The van der Waals surface area contributed by atoms with Crippen molar-refractivity contribution >= 4 is 21.8 Å². The third-order valence-electron chi connectivity index (χ3n) is 5.26. The van der Waals surface area contributed by atoms with Crippen molar-refractivity contribution in [3.63, 3.8) is 0 Å². The Morgan fingerprint density at radius 3 is 2.46 bits per heavy atom. The highest BCUT2D eigenvalue weighted by molar-refractivity contribution is 6.13. The second-order valence-electron chi connectivity index (χ2n) is 6.94. The molecule has 5 aromatic rings. The average Bonchev–Trinajstić information content (AvgIpc) is 3.13. The smallest absolute Gasteiger partial charge is 0.101 e. The van der Waals surface area contributed by atoms with Crippen molar-refractivity contribution in [2.45, 2.75) is 6.92 Å². The van der Waals surface area contributed by atoms with Gasteiger partial charge in [-0.1, -0.05) is 54.6 Å². The van der Waals surface area contributed by atoms with Crippen LogP contribution < -0.4 is 0 Å². The highest BCUT2D eigenvalue weighted by atomic mass is 14.7. The molecule has 5 rings (SSSR count). The Balaban J connectivity index is 1.80. The van der Waals surface area contributed by atoms with Crippen molar-refractivity contribution in [3.05, 3.63) is 90.1 Å². The monoisotopic (exact) mass is 359 g/mol. The van der Waals surface area contributed by atoms with Crippen LogP contribution in [0.5, 0.6) is 0 Å². The minimum atomic E-state index is 0.656. The van der Waals surface area contributed by atoms with Gasteiger partial charge < -0.3 is 4.98 Å². The molecule has 0 radical (unpaired) electrons. The van der Waals surface area contributed by atoms with Crippen molar-refractivity contribution in [2.75, 3.05) is 0 Å². The maximum absolute atomic E-state index is 9.48. The second kappa shape index (κ2) is 6.37. The Hall–Kier alpha value is -3.90. The topological polar surface area (TPSA) is 52.5 Å². The van der Waals surface area contributed by atoms with E-state index >= 15 is 0 Å². The number of aromatic nitrogens is 2. The summed E-state index contributed by atoms with van der Waals surface area (Å²) in [5.41, 5.74) is 8.01. The number of hydrogen-bond donors (Lipinski definition) is 1. The first-order valence-electron chi connectivity index (χ1n) is 9.22. The van der Waals surface area contributed by atoms with E-state index in [1.807, 2.05) is 42.6 Å². The maximum atomic E-state index is 9.48. The standard InChI is InChI=1S/C25H17N3/c1-16-10-11-21-20-9-5-8-19(15-26)24(20)28-25(21)23(16)22-14-18(12-13-27-22)17-6-3-2-4-7-17/h2-14,28H,1H3. The van der Waals surface area contributed by atoms with Crippen molar-refractivity contribution in [1.82, 2.24) is 9.97 Å². The molecule has 132 valence electrons. The van der Waals surface area contributed by atoms with Crippen LogP contribution in [-0.2, 0) is 0 Å². The van der Waals surface area contributed by atoms with Gasteiger partial charge in [-0.15, -0.1) is 0 Å². The van der Waals surface area contributed by atoms with Crippen LogP contribution in [0.3, 0.4) is 0 Å². The van der Waals surface area contributed by atoms with E-state index in [0.29, 0.717) is 5.56 Å². The van der Waals surface area contributed by atoms with Gasteiger partial charge >= 0.3 is 0 Å². The first kappa shape index (κ1) is 16.3. The molecule has 0 aliphatic rings. The number of nitriles is 1. The Morgan fingerprint density at radius 1 is 0.821 bits per heavy atom. The number of nitrogens with one attached hydrogen (secondary N) is 1. The molecule has 0 atom stereocenters. The largest absolute Gasteiger partial charge is 0.353 e. The summed E-state index contributed by atoms with van der Waals surface area (Å²) < 4.78 is 0. The molecule has 28 heavy (non-hydrogen) atoms. The van der Waals surface area contributed by atoms with Crippen molar-refractivity contribution in [3.8, 4) is 28.5 Å². The number of benzene rings is 3. The number of para-hydroxylation sites is 1. The molecule has 0 bridgehead atoms. The van der Waals surface area contributed by atoms with Gasteiger partial charge in [-0.2, -0.15) is 5.26 Å². The van der Waals surface area contributed by atoms with Gasteiger partial charge in [0.25, 0.3) is 0 Å². The fourth-order valence-electron chi connectivity index (χ4n) is 3.90. The summed E-state index contributed by atoms with van der Waals surface area (Å²) in [7, 11) is 0. The summed E-state index contributed by atoms with van der Waals surface area (Å²) in [4.78, 5) is 8.18. The number of rotatable bonds is 2. The van der Waals surface area contributed by atoms with Crippen LogP contribution in [0.15, 0.2) is 79.0 Å². The first-order valence-corrected chi connectivity index (χ1v) is 9.22. The second-order valence-corrected chi connectivity index (χ2v) is 6.94. The Bertz CT molecular complexity index is 1370. The lowest BCUT2D eigenvalue weighted by Crippen LogP contribution is -1.90. The van der Waals surface area contributed by atoms with Crippen molar-refractivity contribution < 1.29 is 0 Å². The van der Waals surface area contributed by atoms with E-state index in [9.17, 15) is 5.26 Å². The van der Waals surface area contributed by atoms with Crippen LogP contribution in [0.4, 0.5) is 0 Å². The fourth-order valence-corrected chi connectivity index (χ4v) is 3.90. The van der Waals surface area contributed by atoms with Crippen LogP contribution >= 0.6 is 0 Å². The molecule has 0 fully saturated rings. The zero-order chi connectivity index (χ0) is 19.1. The van der Waals surface area contributed by atoms with E-state index in [4.69, 9.17) is 0 Å². The van der Waals surface area contributed by atoms with Crippen LogP contribution in [0, 0.1) is 18.3 Å². The third-order valence-corrected chi connectivity index (χ3v) is 5.26. The minimum Gasteiger partial charge on any atom is -0.353 e. The molecular formula is C25H17N3. The molecule has 0 aliphatic carbocycles. The summed E-state index contributed by atoms with van der Waals surface area (Å²) in [6.45, 7) is 2.10. The maximum Gasteiger partial charge on any atom is 0.101 e. The molecule has 0 saturated carbocycles. The van der Waals surface area contributed by atoms with Crippen LogP contribution in [0.25, 0.3) is 44.2 Å². The van der Waals surface area contributed by atoms with E-state index < -0.39 is 0 Å². The lowest BCUT2D eigenvalue weighted by Gasteiger charge is -2.09. The van der Waals surface area contributed by atoms with Crippen LogP contribution in [-0.4, -0.2) is 9.97 Å². The van der Waals surface area contributed by atoms with Crippen molar-refractivity contribution in [2.24, 2.45) is 0 Å². The quantitative estimate of drug-likeness (QED) is 0.406. The molecule has 3 nitrogen and oxygen atoms in total. The molecule has 0 unspecified atom stereocenters. The molecule has 3 heteroatoms. The summed E-state index contributed by atoms with van der Waals surface area (Å²) in [6.07, 6.45) is 1.86. The van der Waals surface area contributed by atoms with E-state index in [1.54, 1.807) is 0 Å². The molecule has 3 aromatic carbocycles. The van der Waals surface area contributed by atoms with Crippen LogP contribution in [0.1, 0.15) is 11.1 Å². The van der Waals surface area contributed by atoms with Gasteiger partial charge in [-0.05, 0) is 41.8 Å². The van der Waals surface area contributed by atoms with Gasteiger partial charge in [-0.25, -0.2) is 0 Å². The van der Waals surface area contributed by atoms with Gasteiger partial charge in [0.1, 0.15) is 6.07 Å². The van der Waals surface area contributed by atoms with Gasteiger partial charge in [0.05, 0.1) is 22.3 Å². The molecule has 0 saturated heterocycles. The Morgan fingerprint density at radius 2 is 1.64 bits per heavy atom. The molecule has 2 heterocycles. The van der Waals surface area contributed by atoms with Crippen LogP contribution in [0.2, 0.25) is 0 Å². The number of H-pyrrole nitrogens is 1. The normalized spacial score (nSPS) is 11.0. The summed E-state index contributed by atoms with van der Waals surface area (Å²) in [6, 6.07) is 26.9. The van der Waals surface area contributed by atoms with E-state index in [2.05, 4.69) is 59.4 Å². The summed E-state index contributed by atoms with van der Waals surface area (Å²) in [5, 5.41) is 11.7. The molecule has 0 aliphatic heterocycles. The third kappa shape index (κ3) is 2.47. The lowest BCUT2D eigenvalue weighted by molar-refractivity contribution is 1.31. The van der Waals surface area contributed by atoms with Gasteiger partial charge in [0, 0.05) is 22.5 Å². The number of hydrogen-bond acceptors (Lipinski definition) is 2. The average molecular weight is 359 g/mol. The van der Waals surface area contributed by atoms with Gasteiger partial charge in [-0.3, -0.25) is 4.98 Å². The van der Waals surface area contributed by atoms with E-state index in [-0.39, 0.29) is 0 Å². The Kier molecular flexibility index (Phi) is 3.70. The number of aromatic amines is 1. The number of fused-ring (bicyclic) bond motifs is 3. The fraction of sp³-hybridized carbons (Fsp3) is 0.0400. The number of pyridine rings is 1. The minimum absolute atomic E-state index is 0.656. The predicted octanol–water partition coefficient (Wildman–Crippen LogP) is 6.23. The molecular weight excluding hydrogens is 342 g/mol. The first-order chi connectivity index (χ1) is 13.8. The SMILES string of the molecule is Cc1ccc2c([nH]c3c(C#N)cccc32)c1-c1cc(-c2ccccc2)ccn1. The lowest BCUT2D eigenvalue weighted by atomic mass is 9.98. The van der Waals surface area contributed by atoms with E-state index in [0.717, 1.165) is 44.2 Å². The zero-order valence-electron chi connectivity index (χ0n) is 15.4. The molecule has 2 aromatic heterocycles. The highest BCUT2D eigenvalue weighted by Crippen LogP contribution is 2.36. The number of nitrogens with zero attached hydrogens (tertiary/aromatic N) is 2. The zero-order valence-corrected chi connectivity index (χ0v) is 15.4. The number of aryl methyl sites for hydroxylation is 1. The molecule has 1 N–H and O–H groups in total.